The van der Waals surface area contributed by atoms with Gasteiger partial charge in [0.25, 0.3) is 0 Å². The number of halogens is 5. The maximum Gasteiger partial charge on any atom is 0.435 e. The minimum atomic E-state index is -10.1. The quantitative estimate of drug-likeness (QED) is 0.282. The van der Waals surface area contributed by atoms with Gasteiger partial charge in [-0.05, 0) is 36.4 Å². The average Bonchev–Trinajstić information content (AvgIpc) is 2.50. The van der Waals surface area contributed by atoms with Gasteiger partial charge in [-0.25, -0.2) is 4.79 Å². The minimum Gasteiger partial charge on any atom is -0.482 e. The second-order valence-corrected chi connectivity index (χ2v) is 6.87. The fourth-order valence-electron chi connectivity index (χ4n) is 1.72. The van der Waals surface area contributed by atoms with Gasteiger partial charge in [-0.15, -0.1) is 0 Å². The van der Waals surface area contributed by atoms with Crippen LogP contribution in [-0.4, -0.2) is 18.9 Å². The van der Waals surface area contributed by atoms with Crippen LogP contribution < -0.4 is 13.7 Å². The number of carbonyl (C=O) groups excluding carboxylic acids is 2. The first-order chi connectivity index (χ1) is 11.8. The molecule has 2 aromatic carbocycles. The van der Waals surface area contributed by atoms with E-state index in [4.69, 9.17) is 9.47 Å². The van der Waals surface area contributed by atoms with E-state index in [2.05, 4.69) is 4.18 Å². The van der Waals surface area contributed by atoms with E-state index in [1.807, 2.05) is 0 Å². The number of hydrogen-bond donors (Lipinski definition) is 0. The van der Waals surface area contributed by atoms with Gasteiger partial charge in [0.15, 0.2) is 6.61 Å². The Morgan fingerprint density at radius 1 is 0.923 bits per heavy atom. The molecule has 0 saturated heterocycles. The van der Waals surface area contributed by atoms with Crippen LogP contribution in [0.3, 0.4) is 0 Å². The third kappa shape index (κ3) is 6.97. The van der Waals surface area contributed by atoms with Gasteiger partial charge in [-0.3, -0.25) is 4.79 Å². The van der Waals surface area contributed by atoms with Crippen LogP contribution in [0.1, 0.15) is 10.4 Å². The Morgan fingerprint density at radius 3 is 2.12 bits per heavy atom. The summed E-state index contributed by atoms with van der Waals surface area (Å²) in [7, 11) is -10.1. The van der Waals surface area contributed by atoms with Crippen LogP contribution in [0.5, 0.6) is 17.2 Å². The van der Waals surface area contributed by atoms with Crippen LogP contribution in [-0.2, 0) is 4.79 Å². The molecule has 0 N–H and O–H groups in total. The maximum atomic E-state index is 12.3. The molecule has 0 atom stereocenters. The highest BCUT2D eigenvalue weighted by Crippen LogP contribution is 2.97. The Kier molecular flexibility index (Phi) is 4.62. The average molecular weight is 398 g/mol. The molecule has 2 rings (SSSR count). The first-order valence-electron chi connectivity index (χ1n) is 6.77. The molecular weight excluding hydrogens is 387 g/mol. The van der Waals surface area contributed by atoms with Gasteiger partial charge in [0.1, 0.15) is 23.5 Å². The lowest BCUT2D eigenvalue weighted by Gasteiger charge is -2.39. The van der Waals surface area contributed by atoms with Crippen molar-refractivity contribution >= 4 is 22.8 Å². The van der Waals surface area contributed by atoms with Crippen molar-refractivity contribution in [3.63, 3.8) is 0 Å². The Bertz CT molecular complexity index is 821. The van der Waals surface area contributed by atoms with E-state index in [1.165, 1.54) is 24.3 Å². The summed E-state index contributed by atoms with van der Waals surface area (Å²) in [6.45, 7) is -0.604. The molecule has 0 fully saturated rings. The second kappa shape index (κ2) is 6.16. The molecule has 0 aliphatic rings. The third-order valence-corrected chi connectivity index (χ3v) is 3.17. The summed E-state index contributed by atoms with van der Waals surface area (Å²) in [5, 5.41) is 0. The van der Waals surface area contributed by atoms with E-state index in [0.29, 0.717) is 24.0 Å². The summed E-state index contributed by atoms with van der Waals surface area (Å²) >= 11 is 0. The van der Waals surface area contributed by atoms with Gasteiger partial charge >= 0.3 is 16.5 Å². The molecule has 2 aromatic rings. The molecule has 142 valence electrons. The van der Waals surface area contributed by atoms with Crippen LogP contribution in [0.15, 0.2) is 48.5 Å². The van der Waals surface area contributed by atoms with Crippen molar-refractivity contribution in [3.05, 3.63) is 54.1 Å². The van der Waals surface area contributed by atoms with E-state index in [1.54, 1.807) is 0 Å². The highest BCUT2D eigenvalue weighted by molar-refractivity contribution is 8.42. The van der Waals surface area contributed by atoms with Gasteiger partial charge in [0.05, 0.1) is 0 Å². The Balaban J connectivity index is 1.96. The first kappa shape index (κ1) is 19.5. The van der Waals surface area contributed by atoms with Crippen molar-refractivity contribution in [2.75, 3.05) is 6.61 Å². The number of aldehydes is 1. The topological polar surface area (TPSA) is 61.8 Å². The number of rotatable bonds is 7. The molecular formula is C15H11F5O5S. The fraction of sp³-hybridized carbons (Fsp3) is 0.0667. The lowest BCUT2D eigenvalue weighted by molar-refractivity contribution is -0.136. The van der Waals surface area contributed by atoms with Crippen LogP contribution in [0, 0.1) is 0 Å². The number of hydrogen-bond acceptors (Lipinski definition) is 5. The van der Waals surface area contributed by atoms with Gasteiger partial charge < -0.3 is 13.7 Å². The summed E-state index contributed by atoms with van der Waals surface area (Å²) in [4.78, 5) is 22.1. The predicted octanol–water partition coefficient (Wildman–Crippen LogP) is 5.08. The summed E-state index contributed by atoms with van der Waals surface area (Å²) in [5.74, 6) is -2.41. The number of esters is 1. The summed E-state index contributed by atoms with van der Waals surface area (Å²) in [5.41, 5.74) is 0.390. The molecule has 26 heavy (non-hydrogen) atoms. The smallest absolute Gasteiger partial charge is 0.435 e. The molecule has 5 nitrogen and oxygen atoms in total. The number of carbonyl (C=O) groups is 2. The summed E-state index contributed by atoms with van der Waals surface area (Å²) in [6, 6.07) is 8.87. The summed E-state index contributed by atoms with van der Waals surface area (Å²) < 4.78 is 74.1. The normalized spacial score (nSPS) is 13.9. The van der Waals surface area contributed by atoms with Crippen molar-refractivity contribution in [2.24, 2.45) is 0 Å². The van der Waals surface area contributed by atoms with Gasteiger partial charge in [0.2, 0.25) is 0 Å². The largest absolute Gasteiger partial charge is 0.482 e. The zero-order chi connectivity index (χ0) is 19.5. The van der Waals surface area contributed by atoms with Crippen LogP contribution in [0.2, 0.25) is 0 Å². The van der Waals surface area contributed by atoms with Crippen LogP contribution in [0.25, 0.3) is 0 Å². The highest BCUT2D eigenvalue weighted by atomic mass is 32.5. The zero-order valence-corrected chi connectivity index (χ0v) is 13.6. The molecule has 0 spiro atoms. The van der Waals surface area contributed by atoms with E-state index in [0.717, 1.165) is 12.1 Å². The Hall–Kier alpha value is -2.82. The lowest BCUT2D eigenvalue weighted by Crippen LogP contribution is -2.18. The molecule has 11 heteroatoms. The monoisotopic (exact) mass is 398 g/mol. The molecule has 0 amide bonds. The molecule has 0 saturated carbocycles. The maximum absolute atomic E-state index is 12.3. The Morgan fingerprint density at radius 2 is 1.54 bits per heavy atom. The fourth-order valence-corrected chi connectivity index (χ4v) is 2.18. The van der Waals surface area contributed by atoms with Crippen molar-refractivity contribution in [2.45, 2.75) is 0 Å². The highest BCUT2D eigenvalue weighted by Gasteiger charge is 2.67. The van der Waals surface area contributed by atoms with Crippen molar-refractivity contribution in [3.8, 4) is 17.2 Å². The lowest BCUT2D eigenvalue weighted by atomic mass is 10.2. The Labute approximate surface area is 144 Å². The van der Waals surface area contributed by atoms with Gasteiger partial charge in [0, 0.05) is 11.6 Å². The molecule has 0 radical (unpaired) electrons. The van der Waals surface area contributed by atoms with Gasteiger partial charge in [-0.1, -0.05) is 25.5 Å². The predicted molar refractivity (Wildman–Crippen MR) is 83.2 cm³/mol. The second-order valence-electron chi connectivity index (χ2n) is 4.91. The minimum absolute atomic E-state index is 0.241. The van der Waals surface area contributed by atoms with E-state index in [9.17, 15) is 29.0 Å². The number of ether oxygens (including phenoxy) is 2. The van der Waals surface area contributed by atoms with E-state index < -0.39 is 34.6 Å². The van der Waals surface area contributed by atoms with Gasteiger partial charge in [-0.2, -0.15) is 0 Å². The molecule has 0 unspecified atom stereocenters. The molecule has 0 heterocycles. The van der Waals surface area contributed by atoms with Crippen molar-refractivity contribution in [1.82, 2.24) is 0 Å². The number of benzene rings is 2. The van der Waals surface area contributed by atoms with Crippen molar-refractivity contribution in [1.29, 1.82) is 0 Å². The van der Waals surface area contributed by atoms with Crippen molar-refractivity contribution < 1.29 is 42.7 Å². The van der Waals surface area contributed by atoms with E-state index >= 15 is 0 Å². The molecule has 0 bridgehead atoms. The molecule has 0 aromatic heterocycles. The standard InChI is InChI=1S/C15H11F5O5S/c16-26(17,18,19,20)25-14-3-1-2-13(8-14)24-15(22)10-23-12-6-4-11(9-21)5-7-12/h1-9H,10H2. The molecule has 0 aliphatic carbocycles. The SMILES string of the molecule is O=Cc1ccc(OCC(=O)Oc2cccc(OS(F)(F)(F)(F)F)c2)cc1. The van der Waals surface area contributed by atoms with Crippen LogP contribution in [0.4, 0.5) is 19.4 Å². The third-order valence-electron chi connectivity index (χ3n) is 2.66. The summed E-state index contributed by atoms with van der Waals surface area (Å²) in [6.07, 6.45) is 0.611. The van der Waals surface area contributed by atoms with E-state index in [-0.39, 0.29) is 5.75 Å². The first-order valence-corrected chi connectivity index (χ1v) is 8.64. The zero-order valence-electron chi connectivity index (χ0n) is 12.7. The molecule has 0 aliphatic heterocycles. The van der Waals surface area contributed by atoms with Crippen LogP contribution >= 0.6 is 10.5 Å².